The Labute approximate surface area is 120 Å². The normalized spacial score (nSPS) is 19.3. The molecule has 0 atom stereocenters. The summed E-state index contributed by atoms with van der Waals surface area (Å²) in [5, 5.41) is 3.29. The number of carbonyl (C=O) groups excluding carboxylic acids is 1. The molecular formula is C14H15BrN2O2. The predicted octanol–water partition coefficient (Wildman–Crippen LogP) is 2.44. The van der Waals surface area contributed by atoms with E-state index in [1.54, 1.807) is 11.9 Å². The van der Waals surface area contributed by atoms with Gasteiger partial charge in [0.15, 0.2) is 11.5 Å². The maximum Gasteiger partial charge on any atom is 0.293 e. The highest BCUT2D eigenvalue weighted by Gasteiger charge is 2.30. The van der Waals surface area contributed by atoms with Gasteiger partial charge in [-0.1, -0.05) is 15.9 Å². The number of anilines is 1. The van der Waals surface area contributed by atoms with E-state index >= 15 is 0 Å². The molecule has 1 fully saturated rings. The van der Waals surface area contributed by atoms with Gasteiger partial charge in [-0.2, -0.15) is 0 Å². The van der Waals surface area contributed by atoms with Crippen LogP contribution in [0.3, 0.4) is 0 Å². The van der Waals surface area contributed by atoms with E-state index in [4.69, 9.17) is 4.74 Å². The number of ether oxygens (including phenoxy) is 1. The number of likely N-dealkylation sites (N-methyl/N-ethyl adjacent to an activating group) is 1. The molecule has 0 aromatic heterocycles. The fourth-order valence-electron chi connectivity index (χ4n) is 2.43. The zero-order valence-electron chi connectivity index (χ0n) is 10.7. The molecule has 2 heterocycles. The minimum absolute atomic E-state index is 0.0532. The zero-order valence-corrected chi connectivity index (χ0v) is 12.3. The molecule has 1 saturated heterocycles. The highest BCUT2D eigenvalue weighted by atomic mass is 79.9. The van der Waals surface area contributed by atoms with Crippen molar-refractivity contribution in [3.05, 3.63) is 34.0 Å². The van der Waals surface area contributed by atoms with Crippen LogP contribution in [-0.2, 0) is 4.79 Å². The van der Waals surface area contributed by atoms with Crippen molar-refractivity contribution in [2.45, 2.75) is 12.8 Å². The summed E-state index contributed by atoms with van der Waals surface area (Å²) in [5.41, 5.74) is 1.92. The van der Waals surface area contributed by atoms with Gasteiger partial charge >= 0.3 is 0 Å². The third kappa shape index (κ3) is 2.28. The second-order valence-corrected chi connectivity index (χ2v) is 5.68. The van der Waals surface area contributed by atoms with E-state index in [-0.39, 0.29) is 5.91 Å². The average molecular weight is 323 g/mol. The van der Waals surface area contributed by atoms with Crippen molar-refractivity contribution >= 4 is 27.5 Å². The molecule has 0 bridgehead atoms. The summed E-state index contributed by atoms with van der Waals surface area (Å²) in [6, 6.07) is 5.72. The Balaban J connectivity index is 2.03. The van der Waals surface area contributed by atoms with E-state index in [0.29, 0.717) is 5.76 Å². The van der Waals surface area contributed by atoms with Crippen LogP contribution in [0.25, 0.3) is 0 Å². The third-order valence-corrected chi connectivity index (χ3v) is 4.01. The van der Waals surface area contributed by atoms with E-state index in [1.165, 1.54) is 0 Å². The summed E-state index contributed by atoms with van der Waals surface area (Å²) in [6.45, 7) is 1.82. The number of hydrogen-bond donors (Lipinski definition) is 1. The van der Waals surface area contributed by atoms with Crippen molar-refractivity contribution in [3.63, 3.8) is 0 Å². The Hall–Kier alpha value is -1.33. The molecule has 19 heavy (non-hydrogen) atoms. The van der Waals surface area contributed by atoms with Gasteiger partial charge in [-0.25, -0.2) is 0 Å². The number of carbonyl (C=O) groups is 1. The number of fused-ring (bicyclic) bond motifs is 1. The topological polar surface area (TPSA) is 41.6 Å². The van der Waals surface area contributed by atoms with E-state index in [9.17, 15) is 4.79 Å². The first kappa shape index (κ1) is 12.7. The molecule has 5 heteroatoms. The van der Waals surface area contributed by atoms with Gasteiger partial charge in [-0.3, -0.25) is 4.79 Å². The Morgan fingerprint density at radius 2 is 2.05 bits per heavy atom. The molecule has 0 unspecified atom stereocenters. The Bertz CT molecular complexity index is 561. The molecule has 4 nitrogen and oxygen atoms in total. The Morgan fingerprint density at radius 3 is 2.79 bits per heavy atom. The summed E-state index contributed by atoms with van der Waals surface area (Å²) in [7, 11) is 1.79. The third-order valence-electron chi connectivity index (χ3n) is 3.52. The van der Waals surface area contributed by atoms with Crippen LogP contribution in [0.2, 0.25) is 0 Å². The zero-order chi connectivity index (χ0) is 13.4. The fraction of sp³-hybridized carbons (Fsp3) is 0.357. The smallest absolute Gasteiger partial charge is 0.293 e. The number of hydrogen-bond acceptors (Lipinski definition) is 3. The van der Waals surface area contributed by atoms with Crippen molar-refractivity contribution in [1.82, 2.24) is 5.32 Å². The number of nitrogens with zero attached hydrogens (tertiary/aromatic N) is 1. The van der Waals surface area contributed by atoms with Crippen LogP contribution in [0, 0.1) is 0 Å². The van der Waals surface area contributed by atoms with Crippen molar-refractivity contribution in [1.29, 1.82) is 0 Å². The van der Waals surface area contributed by atoms with Gasteiger partial charge in [-0.15, -0.1) is 0 Å². The van der Waals surface area contributed by atoms with E-state index in [2.05, 4.69) is 21.2 Å². The molecule has 3 rings (SSSR count). The van der Waals surface area contributed by atoms with E-state index < -0.39 is 0 Å². The Kier molecular flexibility index (Phi) is 3.33. The molecule has 100 valence electrons. The number of nitrogens with one attached hydrogen (secondary N) is 1. The summed E-state index contributed by atoms with van der Waals surface area (Å²) in [6.07, 6.45) is 1.75. The quantitative estimate of drug-likeness (QED) is 0.746. The Morgan fingerprint density at radius 1 is 1.32 bits per heavy atom. The lowest BCUT2D eigenvalue weighted by atomic mass is 10.0. The molecule has 1 N–H and O–H groups in total. The first-order valence-electron chi connectivity index (χ1n) is 6.35. The standard InChI is InChI=1S/C14H15BrN2O2/c1-17-11-8-10(15)2-3-12(11)19-13(14(17)18)9-4-6-16-7-5-9/h2-3,8,16H,4-7H2,1H3. The highest BCUT2D eigenvalue weighted by Crippen LogP contribution is 2.37. The van der Waals surface area contributed by atoms with Gasteiger partial charge < -0.3 is 15.0 Å². The number of piperidine rings is 1. The molecule has 1 amide bonds. The molecule has 0 spiro atoms. The summed E-state index contributed by atoms with van der Waals surface area (Å²) in [4.78, 5) is 14.1. The molecule has 1 aromatic carbocycles. The summed E-state index contributed by atoms with van der Waals surface area (Å²) < 4.78 is 6.79. The van der Waals surface area contributed by atoms with Crippen LogP contribution in [0.4, 0.5) is 5.69 Å². The van der Waals surface area contributed by atoms with Crippen molar-refractivity contribution in [2.75, 3.05) is 25.0 Å². The lowest BCUT2D eigenvalue weighted by Gasteiger charge is -2.30. The van der Waals surface area contributed by atoms with Gasteiger partial charge in [0, 0.05) is 11.5 Å². The second-order valence-electron chi connectivity index (χ2n) is 4.76. The molecule has 0 aliphatic carbocycles. The molecule has 1 aromatic rings. The monoisotopic (exact) mass is 322 g/mol. The van der Waals surface area contributed by atoms with Gasteiger partial charge in [0.2, 0.25) is 0 Å². The fourth-order valence-corrected chi connectivity index (χ4v) is 2.78. The largest absolute Gasteiger partial charge is 0.449 e. The number of halogens is 1. The SMILES string of the molecule is CN1C(=O)C(=C2CCNCC2)Oc2ccc(Br)cc21. The maximum atomic E-state index is 12.4. The van der Waals surface area contributed by atoms with Crippen LogP contribution in [0.1, 0.15) is 12.8 Å². The molecule has 0 radical (unpaired) electrons. The van der Waals surface area contributed by atoms with Gasteiger partial charge in [0.1, 0.15) is 0 Å². The predicted molar refractivity (Wildman–Crippen MR) is 77.3 cm³/mol. The molecule has 0 saturated carbocycles. The summed E-state index contributed by atoms with van der Waals surface area (Å²) >= 11 is 3.42. The molecular weight excluding hydrogens is 308 g/mol. The van der Waals surface area contributed by atoms with Crippen molar-refractivity contribution in [2.24, 2.45) is 0 Å². The highest BCUT2D eigenvalue weighted by molar-refractivity contribution is 9.10. The minimum Gasteiger partial charge on any atom is -0.449 e. The maximum absolute atomic E-state index is 12.4. The second kappa shape index (κ2) is 4.98. The van der Waals surface area contributed by atoms with Crippen LogP contribution in [0.15, 0.2) is 34.0 Å². The van der Waals surface area contributed by atoms with Crippen molar-refractivity contribution in [3.8, 4) is 5.75 Å². The first-order chi connectivity index (χ1) is 9.16. The van der Waals surface area contributed by atoms with Crippen molar-refractivity contribution < 1.29 is 9.53 Å². The molecule has 2 aliphatic heterocycles. The minimum atomic E-state index is -0.0532. The first-order valence-corrected chi connectivity index (χ1v) is 7.14. The number of amides is 1. The van der Waals surface area contributed by atoms with Crippen LogP contribution in [-0.4, -0.2) is 26.0 Å². The number of benzene rings is 1. The van der Waals surface area contributed by atoms with Crippen LogP contribution in [0.5, 0.6) is 5.75 Å². The van der Waals surface area contributed by atoms with E-state index in [1.807, 2.05) is 18.2 Å². The average Bonchev–Trinajstić information content (AvgIpc) is 2.44. The van der Waals surface area contributed by atoms with Gasteiger partial charge in [-0.05, 0) is 49.7 Å². The van der Waals surface area contributed by atoms with E-state index in [0.717, 1.165) is 47.4 Å². The van der Waals surface area contributed by atoms with Gasteiger partial charge in [0.05, 0.1) is 5.69 Å². The van der Waals surface area contributed by atoms with Gasteiger partial charge in [0.25, 0.3) is 5.91 Å². The molecule has 2 aliphatic rings. The number of rotatable bonds is 0. The lowest BCUT2D eigenvalue weighted by Crippen LogP contribution is -2.36. The lowest BCUT2D eigenvalue weighted by molar-refractivity contribution is -0.117. The van der Waals surface area contributed by atoms with Crippen LogP contribution < -0.4 is 15.0 Å². The summed E-state index contributed by atoms with van der Waals surface area (Å²) in [5.74, 6) is 1.20. The van der Waals surface area contributed by atoms with Crippen LogP contribution >= 0.6 is 15.9 Å².